The number of rotatable bonds is 7. The van der Waals surface area contributed by atoms with Crippen LogP contribution >= 0.6 is 0 Å². The van der Waals surface area contributed by atoms with Crippen LogP contribution in [-0.4, -0.2) is 23.4 Å². The van der Waals surface area contributed by atoms with Crippen LogP contribution in [0, 0.1) is 15.9 Å². The van der Waals surface area contributed by atoms with E-state index in [2.05, 4.69) is 10.6 Å². The fraction of sp³-hybridized carbons (Fsp3) is 0.462. The summed E-state index contributed by atoms with van der Waals surface area (Å²) in [5.41, 5.74) is 0.0578. The van der Waals surface area contributed by atoms with E-state index < -0.39 is 16.4 Å². The molecule has 0 aliphatic rings. The third-order valence-electron chi connectivity index (χ3n) is 2.52. The number of hydrogen-bond donors (Lipinski definition) is 2. The molecule has 0 unspecified atom stereocenters. The summed E-state index contributed by atoms with van der Waals surface area (Å²) in [4.78, 5) is 21.1. The van der Waals surface area contributed by atoms with E-state index in [9.17, 15) is 19.3 Å². The lowest BCUT2D eigenvalue weighted by atomic mass is 10.2. The van der Waals surface area contributed by atoms with Gasteiger partial charge in [0.25, 0.3) is 0 Å². The van der Waals surface area contributed by atoms with Crippen molar-refractivity contribution in [1.29, 1.82) is 0 Å². The highest BCUT2D eigenvalue weighted by Gasteiger charge is 2.13. The molecule has 1 amide bonds. The molecule has 0 heterocycles. The van der Waals surface area contributed by atoms with E-state index in [4.69, 9.17) is 0 Å². The molecule has 7 heteroatoms. The van der Waals surface area contributed by atoms with E-state index in [0.29, 0.717) is 25.1 Å². The largest absolute Gasteiger partial charge is 0.354 e. The van der Waals surface area contributed by atoms with Crippen LogP contribution in [0.4, 0.5) is 10.1 Å². The third kappa shape index (κ3) is 5.31. The predicted molar refractivity (Wildman–Crippen MR) is 72.7 cm³/mol. The quantitative estimate of drug-likeness (QED) is 0.453. The highest BCUT2D eigenvalue weighted by Crippen LogP contribution is 2.17. The highest BCUT2D eigenvalue weighted by molar-refractivity contribution is 5.76. The first kappa shape index (κ1) is 16.0. The number of halogens is 1. The maximum atomic E-state index is 13.3. The Morgan fingerprint density at radius 1 is 1.45 bits per heavy atom. The topological polar surface area (TPSA) is 84.3 Å². The van der Waals surface area contributed by atoms with E-state index in [1.54, 1.807) is 0 Å². The Labute approximate surface area is 116 Å². The Kier molecular flexibility index (Phi) is 6.05. The SMILES string of the molecule is CC(C)NC(=O)CCNCc1ccc([N+](=O)[O-])c(F)c1. The van der Waals surface area contributed by atoms with Crippen molar-refractivity contribution in [3.8, 4) is 0 Å². The second-order valence-electron chi connectivity index (χ2n) is 4.69. The number of amides is 1. The Balaban J connectivity index is 2.38. The molecule has 2 N–H and O–H groups in total. The molecular weight excluding hydrogens is 265 g/mol. The van der Waals surface area contributed by atoms with Gasteiger partial charge in [0.2, 0.25) is 11.7 Å². The molecular formula is C13H18FN3O3. The molecule has 0 saturated carbocycles. The van der Waals surface area contributed by atoms with Crippen LogP contribution in [0.1, 0.15) is 25.8 Å². The van der Waals surface area contributed by atoms with Gasteiger partial charge in [0.05, 0.1) is 4.92 Å². The summed E-state index contributed by atoms with van der Waals surface area (Å²) in [5.74, 6) is -0.908. The number of nitrogens with zero attached hydrogens (tertiary/aromatic N) is 1. The van der Waals surface area contributed by atoms with Crippen molar-refractivity contribution in [1.82, 2.24) is 10.6 Å². The van der Waals surface area contributed by atoms with E-state index in [1.807, 2.05) is 13.8 Å². The lowest BCUT2D eigenvalue weighted by molar-refractivity contribution is -0.387. The maximum absolute atomic E-state index is 13.3. The number of carbonyl (C=O) groups is 1. The fourth-order valence-corrected chi connectivity index (χ4v) is 1.64. The van der Waals surface area contributed by atoms with Crippen molar-refractivity contribution in [2.45, 2.75) is 32.9 Å². The normalized spacial score (nSPS) is 10.6. The summed E-state index contributed by atoms with van der Waals surface area (Å²) in [6.45, 7) is 4.57. The molecule has 110 valence electrons. The fourth-order valence-electron chi connectivity index (χ4n) is 1.64. The summed E-state index contributed by atoms with van der Waals surface area (Å²) in [7, 11) is 0. The Hall–Kier alpha value is -2.02. The summed E-state index contributed by atoms with van der Waals surface area (Å²) < 4.78 is 13.3. The van der Waals surface area contributed by atoms with Crippen molar-refractivity contribution in [3.05, 3.63) is 39.7 Å². The van der Waals surface area contributed by atoms with Gasteiger partial charge in [-0.05, 0) is 25.5 Å². The van der Waals surface area contributed by atoms with Gasteiger partial charge in [-0.3, -0.25) is 14.9 Å². The van der Waals surface area contributed by atoms with E-state index in [-0.39, 0.29) is 11.9 Å². The molecule has 1 aromatic rings. The zero-order chi connectivity index (χ0) is 15.1. The zero-order valence-corrected chi connectivity index (χ0v) is 11.5. The minimum absolute atomic E-state index is 0.0534. The molecule has 0 atom stereocenters. The van der Waals surface area contributed by atoms with Crippen molar-refractivity contribution >= 4 is 11.6 Å². The number of nitro groups is 1. The summed E-state index contributed by atoms with van der Waals surface area (Å²) in [6, 6.07) is 3.85. The van der Waals surface area contributed by atoms with Gasteiger partial charge < -0.3 is 10.6 Å². The lowest BCUT2D eigenvalue weighted by Gasteiger charge is -2.09. The molecule has 0 spiro atoms. The van der Waals surface area contributed by atoms with Crippen molar-refractivity contribution < 1.29 is 14.1 Å². The smallest absolute Gasteiger partial charge is 0.304 e. The number of nitrogens with one attached hydrogen (secondary N) is 2. The monoisotopic (exact) mass is 283 g/mol. The molecule has 0 radical (unpaired) electrons. The molecule has 1 rings (SSSR count). The number of hydrogen-bond acceptors (Lipinski definition) is 4. The van der Waals surface area contributed by atoms with Crippen molar-refractivity contribution in [3.63, 3.8) is 0 Å². The second kappa shape index (κ2) is 7.54. The zero-order valence-electron chi connectivity index (χ0n) is 11.5. The van der Waals surface area contributed by atoms with Gasteiger partial charge in [-0.2, -0.15) is 4.39 Å². The highest BCUT2D eigenvalue weighted by atomic mass is 19.1. The molecule has 1 aromatic carbocycles. The minimum atomic E-state index is -0.855. The van der Waals surface area contributed by atoms with Crippen LogP contribution in [0.5, 0.6) is 0 Å². The van der Waals surface area contributed by atoms with Crippen LogP contribution in [-0.2, 0) is 11.3 Å². The standard InChI is InChI=1S/C13H18FN3O3/c1-9(2)16-13(18)5-6-15-8-10-3-4-12(17(19)20)11(14)7-10/h3-4,7,9,15H,5-6,8H2,1-2H3,(H,16,18). The Morgan fingerprint density at radius 3 is 2.70 bits per heavy atom. The molecule has 0 bridgehead atoms. The number of carbonyl (C=O) groups excluding carboxylic acids is 1. The van der Waals surface area contributed by atoms with Crippen LogP contribution in [0.25, 0.3) is 0 Å². The summed E-state index contributed by atoms with van der Waals surface area (Å²) in [5, 5.41) is 16.2. The van der Waals surface area contributed by atoms with Crippen molar-refractivity contribution in [2.75, 3.05) is 6.54 Å². The predicted octanol–water partition coefficient (Wildman–Crippen LogP) is 1.74. The van der Waals surface area contributed by atoms with Gasteiger partial charge in [0, 0.05) is 31.6 Å². The summed E-state index contributed by atoms with van der Waals surface area (Å²) >= 11 is 0. The van der Waals surface area contributed by atoms with Crippen LogP contribution in [0.15, 0.2) is 18.2 Å². The first-order chi connectivity index (χ1) is 9.40. The van der Waals surface area contributed by atoms with Gasteiger partial charge in [0.1, 0.15) is 0 Å². The molecule has 0 aliphatic heterocycles. The Bertz CT molecular complexity index is 492. The Morgan fingerprint density at radius 2 is 2.15 bits per heavy atom. The number of benzene rings is 1. The van der Waals surface area contributed by atoms with Gasteiger partial charge in [-0.25, -0.2) is 0 Å². The third-order valence-corrected chi connectivity index (χ3v) is 2.52. The molecule has 0 aliphatic carbocycles. The summed E-state index contributed by atoms with van der Waals surface area (Å²) in [6.07, 6.45) is 0.327. The van der Waals surface area contributed by atoms with E-state index in [0.717, 1.165) is 12.1 Å². The van der Waals surface area contributed by atoms with Crippen LogP contribution < -0.4 is 10.6 Å². The second-order valence-corrected chi connectivity index (χ2v) is 4.69. The molecule has 0 aromatic heterocycles. The minimum Gasteiger partial charge on any atom is -0.354 e. The van der Waals surface area contributed by atoms with Crippen LogP contribution in [0.3, 0.4) is 0 Å². The molecule has 20 heavy (non-hydrogen) atoms. The van der Waals surface area contributed by atoms with E-state index >= 15 is 0 Å². The van der Waals surface area contributed by atoms with Gasteiger partial charge in [-0.15, -0.1) is 0 Å². The maximum Gasteiger partial charge on any atom is 0.304 e. The number of nitro benzene ring substituents is 1. The molecule has 6 nitrogen and oxygen atoms in total. The first-order valence-electron chi connectivity index (χ1n) is 6.33. The van der Waals surface area contributed by atoms with Crippen molar-refractivity contribution in [2.24, 2.45) is 0 Å². The van der Waals surface area contributed by atoms with Crippen LogP contribution in [0.2, 0.25) is 0 Å². The molecule has 0 fully saturated rings. The van der Waals surface area contributed by atoms with Gasteiger partial charge in [0.15, 0.2) is 0 Å². The average molecular weight is 283 g/mol. The first-order valence-corrected chi connectivity index (χ1v) is 6.33. The molecule has 0 saturated heterocycles. The van der Waals surface area contributed by atoms with Gasteiger partial charge in [-0.1, -0.05) is 6.07 Å². The van der Waals surface area contributed by atoms with Gasteiger partial charge >= 0.3 is 5.69 Å². The lowest BCUT2D eigenvalue weighted by Crippen LogP contribution is -2.32. The van der Waals surface area contributed by atoms with E-state index in [1.165, 1.54) is 6.07 Å². The average Bonchev–Trinajstić information content (AvgIpc) is 2.33.